The molecule has 5 heteroatoms. The van der Waals surface area contributed by atoms with Gasteiger partial charge in [0.05, 0.1) is 0 Å². The number of carbonyl (C=O) groups is 1. The van der Waals surface area contributed by atoms with Gasteiger partial charge in [0.15, 0.2) is 0 Å². The highest BCUT2D eigenvalue weighted by molar-refractivity contribution is 9.11. The minimum Gasteiger partial charge on any atom is -0.338 e. The van der Waals surface area contributed by atoms with E-state index in [4.69, 9.17) is 0 Å². The van der Waals surface area contributed by atoms with E-state index < -0.39 is 0 Å². The molecule has 0 fully saturated rings. The van der Waals surface area contributed by atoms with Crippen LogP contribution in [0.5, 0.6) is 0 Å². The monoisotopic (exact) mass is 425 g/mol. The molecule has 1 aromatic rings. The average molecular weight is 428 g/mol. The van der Waals surface area contributed by atoms with E-state index in [9.17, 15) is 4.79 Å². The van der Waals surface area contributed by atoms with Gasteiger partial charge in [-0.1, -0.05) is 54.7 Å². The molecule has 0 atom stereocenters. The number of carbonyl (C=O) groups excluding carboxylic acids is 1. The number of hydrogen-bond donors (Lipinski definition) is 0. The lowest BCUT2D eigenvalue weighted by atomic mass is 10.2. The Balaban J connectivity index is 2.92. The van der Waals surface area contributed by atoms with Crippen LogP contribution < -0.4 is 0 Å². The quantitative estimate of drug-likeness (QED) is 0.635. The molecule has 1 rings (SSSR count). The van der Waals surface area contributed by atoms with Crippen LogP contribution in [0.25, 0.3) is 0 Å². The van der Waals surface area contributed by atoms with Crippen molar-refractivity contribution < 1.29 is 4.79 Å². The normalized spacial score (nSPS) is 10.4. The lowest BCUT2D eigenvalue weighted by Gasteiger charge is -2.21. The highest BCUT2D eigenvalue weighted by Gasteiger charge is 2.15. The SMILES string of the molecule is CCCN(CCBr)C(=O)c1cc(Br)cc(Br)c1. The molecule has 1 aromatic carbocycles. The van der Waals surface area contributed by atoms with E-state index >= 15 is 0 Å². The van der Waals surface area contributed by atoms with Crippen LogP contribution in [0.15, 0.2) is 27.1 Å². The Kier molecular flexibility index (Phi) is 6.74. The van der Waals surface area contributed by atoms with E-state index in [0.29, 0.717) is 5.56 Å². The number of halogens is 3. The highest BCUT2D eigenvalue weighted by Crippen LogP contribution is 2.21. The Labute approximate surface area is 127 Å². The predicted octanol–water partition coefficient (Wildman–Crippen LogP) is 4.46. The summed E-state index contributed by atoms with van der Waals surface area (Å²) in [5.74, 6) is 0.0771. The summed E-state index contributed by atoms with van der Waals surface area (Å²) in [6, 6.07) is 5.62. The topological polar surface area (TPSA) is 20.3 Å². The van der Waals surface area contributed by atoms with E-state index in [1.54, 1.807) is 0 Å². The Morgan fingerprint density at radius 2 is 1.76 bits per heavy atom. The molecular formula is C12H14Br3NO. The Hall–Kier alpha value is 0.130. The van der Waals surface area contributed by atoms with Gasteiger partial charge >= 0.3 is 0 Å². The molecule has 0 spiro atoms. The van der Waals surface area contributed by atoms with E-state index in [0.717, 1.165) is 33.8 Å². The van der Waals surface area contributed by atoms with Crippen molar-refractivity contribution in [1.29, 1.82) is 0 Å². The van der Waals surface area contributed by atoms with Crippen molar-refractivity contribution in [2.45, 2.75) is 13.3 Å². The van der Waals surface area contributed by atoms with Crippen molar-refractivity contribution in [3.05, 3.63) is 32.7 Å². The summed E-state index contributed by atoms with van der Waals surface area (Å²) >= 11 is 10.2. The van der Waals surface area contributed by atoms with Gasteiger partial charge in [0.1, 0.15) is 0 Å². The molecule has 0 heterocycles. The van der Waals surface area contributed by atoms with Crippen molar-refractivity contribution in [2.75, 3.05) is 18.4 Å². The van der Waals surface area contributed by atoms with Gasteiger partial charge in [0, 0.05) is 32.9 Å². The fourth-order valence-electron chi connectivity index (χ4n) is 1.55. The molecule has 94 valence electrons. The van der Waals surface area contributed by atoms with E-state index in [-0.39, 0.29) is 5.91 Å². The summed E-state index contributed by atoms with van der Waals surface area (Å²) in [5.41, 5.74) is 0.709. The van der Waals surface area contributed by atoms with E-state index in [1.165, 1.54) is 0 Å². The van der Waals surface area contributed by atoms with Gasteiger partial charge in [-0.3, -0.25) is 4.79 Å². The molecule has 0 aliphatic rings. The van der Waals surface area contributed by atoms with Crippen molar-refractivity contribution in [1.82, 2.24) is 4.90 Å². The summed E-state index contributed by atoms with van der Waals surface area (Å²) in [7, 11) is 0. The van der Waals surface area contributed by atoms with E-state index in [1.807, 2.05) is 23.1 Å². The Morgan fingerprint density at radius 3 is 2.24 bits per heavy atom. The molecule has 0 unspecified atom stereocenters. The van der Waals surface area contributed by atoms with Crippen LogP contribution in [0.3, 0.4) is 0 Å². The number of alkyl halides is 1. The fraction of sp³-hybridized carbons (Fsp3) is 0.417. The largest absolute Gasteiger partial charge is 0.338 e. The summed E-state index contributed by atoms with van der Waals surface area (Å²) in [6.07, 6.45) is 0.966. The maximum absolute atomic E-state index is 12.3. The van der Waals surface area contributed by atoms with Crippen molar-refractivity contribution >= 4 is 53.7 Å². The molecule has 1 amide bonds. The summed E-state index contributed by atoms with van der Waals surface area (Å²) in [6.45, 7) is 3.59. The smallest absolute Gasteiger partial charge is 0.253 e. The Bertz CT molecular complexity index is 369. The number of rotatable bonds is 5. The van der Waals surface area contributed by atoms with Crippen LogP contribution in [0, 0.1) is 0 Å². The number of hydrogen-bond acceptors (Lipinski definition) is 1. The predicted molar refractivity (Wildman–Crippen MR) is 81.8 cm³/mol. The van der Waals surface area contributed by atoms with Gasteiger partial charge in [0.2, 0.25) is 0 Å². The number of amides is 1. The molecule has 0 radical (unpaired) electrons. The molecule has 0 aliphatic carbocycles. The summed E-state index contributed by atoms with van der Waals surface area (Å²) < 4.78 is 1.82. The second kappa shape index (κ2) is 7.54. The third-order valence-corrected chi connectivity index (χ3v) is 3.51. The lowest BCUT2D eigenvalue weighted by molar-refractivity contribution is 0.0766. The molecule has 0 saturated heterocycles. The van der Waals surface area contributed by atoms with Gasteiger partial charge in [-0.2, -0.15) is 0 Å². The van der Waals surface area contributed by atoms with Gasteiger partial charge < -0.3 is 4.90 Å². The third kappa shape index (κ3) is 4.72. The Morgan fingerprint density at radius 1 is 1.18 bits per heavy atom. The van der Waals surface area contributed by atoms with Crippen molar-refractivity contribution in [3.63, 3.8) is 0 Å². The first kappa shape index (κ1) is 15.2. The first-order valence-electron chi connectivity index (χ1n) is 5.39. The molecule has 2 nitrogen and oxygen atoms in total. The number of nitrogens with zero attached hydrogens (tertiary/aromatic N) is 1. The van der Waals surface area contributed by atoms with Crippen LogP contribution in [-0.2, 0) is 0 Å². The van der Waals surface area contributed by atoms with Crippen LogP contribution in [0.1, 0.15) is 23.7 Å². The molecule has 0 bridgehead atoms. The van der Waals surface area contributed by atoms with Crippen molar-refractivity contribution in [2.24, 2.45) is 0 Å². The van der Waals surface area contributed by atoms with Crippen LogP contribution >= 0.6 is 47.8 Å². The maximum Gasteiger partial charge on any atom is 0.253 e. The standard InChI is InChI=1S/C12H14Br3NO/c1-2-4-16(5-3-13)12(17)9-6-10(14)8-11(15)7-9/h6-8H,2-5H2,1H3. The average Bonchev–Trinajstić information content (AvgIpc) is 2.26. The molecule has 0 saturated carbocycles. The number of benzene rings is 1. The second-order valence-corrected chi connectivity index (χ2v) is 6.26. The first-order chi connectivity index (χ1) is 8.08. The minimum absolute atomic E-state index is 0.0771. The van der Waals surface area contributed by atoms with Gasteiger partial charge in [-0.25, -0.2) is 0 Å². The molecular weight excluding hydrogens is 414 g/mol. The van der Waals surface area contributed by atoms with Crippen LogP contribution in [0.2, 0.25) is 0 Å². The lowest BCUT2D eigenvalue weighted by Crippen LogP contribution is -2.33. The zero-order chi connectivity index (χ0) is 12.8. The van der Waals surface area contributed by atoms with Gasteiger partial charge in [-0.05, 0) is 24.6 Å². The van der Waals surface area contributed by atoms with Gasteiger partial charge in [0.25, 0.3) is 5.91 Å². The zero-order valence-corrected chi connectivity index (χ0v) is 14.3. The van der Waals surface area contributed by atoms with Crippen LogP contribution in [0.4, 0.5) is 0 Å². The molecule has 0 aromatic heterocycles. The van der Waals surface area contributed by atoms with Crippen LogP contribution in [-0.4, -0.2) is 29.2 Å². The molecule has 17 heavy (non-hydrogen) atoms. The summed E-state index contributed by atoms with van der Waals surface area (Å²) in [5, 5.41) is 0.800. The van der Waals surface area contributed by atoms with E-state index in [2.05, 4.69) is 54.7 Å². The second-order valence-electron chi connectivity index (χ2n) is 3.64. The zero-order valence-electron chi connectivity index (χ0n) is 9.55. The van der Waals surface area contributed by atoms with Gasteiger partial charge in [-0.15, -0.1) is 0 Å². The highest BCUT2D eigenvalue weighted by atomic mass is 79.9. The first-order valence-corrected chi connectivity index (χ1v) is 8.10. The fourth-order valence-corrected chi connectivity index (χ4v) is 3.27. The summed E-state index contributed by atoms with van der Waals surface area (Å²) in [4.78, 5) is 14.2. The maximum atomic E-state index is 12.3. The molecule has 0 N–H and O–H groups in total. The molecule has 0 aliphatic heterocycles. The third-order valence-electron chi connectivity index (χ3n) is 2.24. The minimum atomic E-state index is 0.0771. The van der Waals surface area contributed by atoms with Crippen molar-refractivity contribution in [3.8, 4) is 0 Å².